The van der Waals surface area contributed by atoms with E-state index in [0.29, 0.717) is 11.4 Å². The Balaban J connectivity index is 1.50. The SMILES string of the molecule is CC(NC(=O)Cc1csc(COc2ccc(F)cc2)n1)c1ccc(Br)cc1. The zero-order chi connectivity index (χ0) is 19.2. The molecule has 140 valence electrons. The van der Waals surface area contributed by atoms with Crippen LogP contribution in [0.15, 0.2) is 58.4 Å². The first-order chi connectivity index (χ1) is 13.0. The van der Waals surface area contributed by atoms with Crippen molar-refractivity contribution in [2.24, 2.45) is 0 Å². The smallest absolute Gasteiger partial charge is 0.226 e. The summed E-state index contributed by atoms with van der Waals surface area (Å²) in [5.74, 6) is 0.193. The third-order valence-electron chi connectivity index (χ3n) is 3.86. The Morgan fingerprint density at radius 1 is 1.22 bits per heavy atom. The molecule has 3 aromatic rings. The van der Waals surface area contributed by atoms with E-state index in [1.807, 2.05) is 36.6 Å². The molecule has 0 aliphatic rings. The molecule has 3 rings (SSSR count). The third-order valence-corrected chi connectivity index (χ3v) is 5.26. The molecule has 0 aliphatic heterocycles. The van der Waals surface area contributed by atoms with Crippen molar-refractivity contribution in [3.8, 4) is 5.75 Å². The van der Waals surface area contributed by atoms with Gasteiger partial charge in [-0.1, -0.05) is 28.1 Å². The van der Waals surface area contributed by atoms with Gasteiger partial charge >= 0.3 is 0 Å². The van der Waals surface area contributed by atoms with Gasteiger partial charge in [0.15, 0.2) is 0 Å². The second-order valence-corrected chi connectivity index (χ2v) is 7.85. The number of aromatic nitrogens is 1. The Hall–Kier alpha value is -2.25. The fourth-order valence-corrected chi connectivity index (χ4v) is 3.43. The molecule has 1 amide bonds. The molecular weight excluding hydrogens is 431 g/mol. The molecule has 1 atom stereocenters. The van der Waals surface area contributed by atoms with Gasteiger partial charge in [-0.15, -0.1) is 11.3 Å². The molecule has 0 spiro atoms. The molecule has 4 nitrogen and oxygen atoms in total. The summed E-state index contributed by atoms with van der Waals surface area (Å²) < 4.78 is 19.5. The van der Waals surface area contributed by atoms with E-state index in [4.69, 9.17) is 4.74 Å². The predicted molar refractivity (Wildman–Crippen MR) is 107 cm³/mol. The lowest BCUT2D eigenvalue weighted by Gasteiger charge is -2.14. The van der Waals surface area contributed by atoms with E-state index in [9.17, 15) is 9.18 Å². The second-order valence-electron chi connectivity index (χ2n) is 5.99. The van der Waals surface area contributed by atoms with Crippen molar-refractivity contribution in [2.75, 3.05) is 0 Å². The summed E-state index contributed by atoms with van der Waals surface area (Å²) in [7, 11) is 0. The van der Waals surface area contributed by atoms with Crippen molar-refractivity contribution in [2.45, 2.75) is 26.0 Å². The molecular formula is C20H18BrFN2O2S. The van der Waals surface area contributed by atoms with E-state index in [1.54, 1.807) is 12.1 Å². The minimum Gasteiger partial charge on any atom is -0.486 e. The molecule has 1 unspecified atom stereocenters. The standard InChI is InChI=1S/C20H18BrFN2O2S/c1-13(14-2-4-15(21)5-3-14)23-19(25)10-17-12-27-20(24-17)11-26-18-8-6-16(22)7-9-18/h2-9,12-13H,10-11H2,1H3,(H,23,25). The molecule has 0 saturated carbocycles. The number of halogens is 2. The maximum atomic E-state index is 12.9. The molecule has 7 heteroatoms. The van der Waals surface area contributed by atoms with Crippen molar-refractivity contribution in [3.05, 3.63) is 80.5 Å². The van der Waals surface area contributed by atoms with Gasteiger partial charge in [0.05, 0.1) is 18.2 Å². The highest BCUT2D eigenvalue weighted by molar-refractivity contribution is 9.10. The van der Waals surface area contributed by atoms with Gasteiger partial charge < -0.3 is 10.1 Å². The Labute approximate surface area is 169 Å². The number of carbonyl (C=O) groups is 1. The van der Waals surface area contributed by atoms with Gasteiger partial charge in [0, 0.05) is 9.85 Å². The van der Waals surface area contributed by atoms with Gasteiger partial charge in [-0.3, -0.25) is 4.79 Å². The van der Waals surface area contributed by atoms with Crippen molar-refractivity contribution < 1.29 is 13.9 Å². The van der Waals surface area contributed by atoms with Crippen LogP contribution >= 0.6 is 27.3 Å². The number of ether oxygens (including phenoxy) is 1. The fraction of sp³-hybridized carbons (Fsp3) is 0.200. The van der Waals surface area contributed by atoms with Gasteiger partial charge in [0.2, 0.25) is 5.91 Å². The van der Waals surface area contributed by atoms with Crippen LogP contribution in [0.5, 0.6) is 5.75 Å². The molecule has 1 aromatic heterocycles. The Kier molecular flexibility index (Phi) is 6.58. The van der Waals surface area contributed by atoms with Crippen LogP contribution in [0.1, 0.15) is 29.2 Å². The number of rotatable bonds is 7. The second kappa shape index (κ2) is 9.10. The molecule has 27 heavy (non-hydrogen) atoms. The zero-order valence-electron chi connectivity index (χ0n) is 14.6. The first-order valence-electron chi connectivity index (χ1n) is 8.36. The van der Waals surface area contributed by atoms with Crippen molar-refractivity contribution in [3.63, 3.8) is 0 Å². The van der Waals surface area contributed by atoms with Crippen LogP contribution in [0.2, 0.25) is 0 Å². The summed E-state index contributed by atoms with van der Waals surface area (Å²) in [6, 6.07) is 13.6. The quantitative estimate of drug-likeness (QED) is 0.550. The number of thiazole rings is 1. The van der Waals surface area contributed by atoms with Crippen LogP contribution in [0.25, 0.3) is 0 Å². The molecule has 1 heterocycles. The first kappa shape index (κ1) is 19.5. The van der Waals surface area contributed by atoms with Crippen LogP contribution in [-0.2, 0) is 17.8 Å². The highest BCUT2D eigenvalue weighted by Crippen LogP contribution is 2.18. The monoisotopic (exact) mass is 448 g/mol. The number of carbonyl (C=O) groups excluding carboxylic acids is 1. The molecule has 0 fully saturated rings. The minimum absolute atomic E-state index is 0.0782. The lowest BCUT2D eigenvalue weighted by Crippen LogP contribution is -2.28. The largest absolute Gasteiger partial charge is 0.486 e. The lowest BCUT2D eigenvalue weighted by atomic mass is 10.1. The van der Waals surface area contributed by atoms with Gasteiger partial charge in [-0.2, -0.15) is 0 Å². The summed E-state index contributed by atoms with van der Waals surface area (Å²) in [4.78, 5) is 16.7. The molecule has 0 saturated heterocycles. The average Bonchev–Trinajstić information content (AvgIpc) is 3.09. The first-order valence-corrected chi connectivity index (χ1v) is 10.0. The van der Waals surface area contributed by atoms with Crippen LogP contribution < -0.4 is 10.1 Å². The molecule has 1 N–H and O–H groups in total. The van der Waals surface area contributed by atoms with E-state index in [0.717, 1.165) is 15.0 Å². The van der Waals surface area contributed by atoms with E-state index in [-0.39, 0.29) is 30.8 Å². The molecule has 0 aliphatic carbocycles. The van der Waals surface area contributed by atoms with Crippen LogP contribution in [0.4, 0.5) is 4.39 Å². The number of nitrogens with zero attached hydrogens (tertiary/aromatic N) is 1. The van der Waals surface area contributed by atoms with E-state index >= 15 is 0 Å². The van der Waals surface area contributed by atoms with Gasteiger partial charge in [0.25, 0.3) is 0 Å². The van der Waals surface area contributed by atoms with Crippen LogP contribution in [0.3, 0.4) is 0 Å². The van der Waals surface area contributed by atoms with Gasteiger partial charge in [-0.05, 0) is 48.9 Å². The zero-order valence-corrected chi connectivity index (χ0v) is 17.0. The van der Waals surface area contributed by atoms with Crippen molar-refractivity contribution >= 4 is 33.2 Å². The van der Waals surface area contributed by atoms with Gasteiger partial charge in [-0.25, -0.2) is 9.37 Å². The number of nitrogens with one attached hydrogen (secondary N) is 1. The number of benzene rings is 2. The Morgan fingerprint density at radius 3 is 2.63 bits per heavy atom. The van der Waals surface area contributed by atoms with E-state index in [1.165, 1.54) is 23.5 Å². The minimum atomic E-state index is -0.303. The molecule has 0 radical (unpaired) electrons. The number of hydrogen-bond acceptors (Lipinski definition) is 4. The van der Waals surface area contributed by atoms with E-state index in [2.05, 4.69) is 26.2 Å². The molecule has 2 aromatic carbocycles. The van der Waals surface area contributed by atoms with Crippen LogP contribution in [0, 0.1) is 5.82 Å². The highest BCUT2D eigenvalue weighted by Gasteiger charge is 2.12. The summed E-state index contributed by atoms with van der Waals surface area (Å²) in [6.45, 7) is 2.23. The summed E-state index contributed by atoms with van der Waals surface area (Å²) in [5, 5.41) is 5.60. The highest BCUT2D eigenvalue weighted by atomic mass is 79.9. The normalized spacial score (nSPS) is 11.8. The topological polar surface area (TPSA) is 51.2 Å². The number of amides is 1. The summed E-state index contributed by atoms with van der Waals surface area (Å²) in [6.07, 6.45) is 0.216. The average molecular weight is 449 g/mol. The summed E-state index contributed by atoms with van der Waals surface area (Å²) in [5.41, 5.74) is 1.75. The third kappa shape index (κ3) is 5.87. The van der Waals surface area contributed by atoms with Crippen LogP contribution in [-0.4, -0.2) is 10.9 Å². The van der Waals surface area contributed by atoms with E-state index < -0.39 is 0 Å². The van der Waals surface area contributed by atoms with Crippen molar-refractivity contribution in [1.82, 2.24) is 10.3 Å². The van der Waals surface area contributed by atoms with Gasteiger partial charge in [0.1, 0.15) is 23.2 Å². The number of hydrogen-bond donors (Lipinski definition) is 1. The van der Waals surface area contributed by atoms with Crippen molar-refractivity contribution in [1.29, 1.82) is 0 Å². The molecule has 0 bridgehead atoms. The summed E-state index contributed by atoms with van der Waals surface area (Å²) >= 11 is 4.84. The fourth-order valence-electron chi connectivity index (χ4n) is 2.46. The Morgan fingerprint density at radius 2 is 1.93 bits per heavy atom. The lowest BCUT2D eigenvalue weighted by molar-refractivity contribution is -0.121. The predicted octanol–water partition coefficient (Wildman–Crippen LogP) is 5.04. The Bertz CT molecular complexity index is 897. The maximum absolute atomic E-state index is 12.9. The maximum Gasteiger partial charge on any atom is 0.226 e.